The highest BCUT2D eigenvalue weighted by Crippen LogP contribution is 2.48. The van der Waals surface area contributed by atoms with Crippen molar-refractivity contribution in [1.29, 1.82) is 0 Å². The Kier molecular flexibility index (Phi) is 11.5. The summed E-state index contributed by atoms with van der Waals surface area (Å²) in [6.07, 6.45) is 9.54. The van der Waals surface area contributed by atoms with Gasteiger partial charge >= 0.3 is 17.9 Å². The molecular weight excluding hydrogens is 498 g/mol. The van der Waals surface area contributed by atoms with E-state index in [0.717, 1.165) is 37.7 Å². The van der Waals surface area contributed by atoms with Gasteiger partial charge in [-0.2, -0.15) is 0 Å². The number of carboxylic acid groups (broad SMARTS) is 3. The van der Waals surface area contributed by atoms with Gasteiger partial charge in [-0.3, -0.25) is 19.2 Å². The number of amides is 1. The lowest BCUT2D eigenvalue weighted by molar-refractivity contribution is -0.189. The van der Waals surface area contributed by atoms with E-state index in [1.807, 2.05) is 36.4 Å². The van der Waals surface area contributed by atoms with Crippen molar-refractivity contribution in [1.82, 2.24) is 4.90 Å². The summed E-state index contributed by atoms with van der Waals surface area (Å²) in [5, 5.41) is 28.7. The van der Waals surface area contributed by atoms with Crippen molar-refractivity contribution in [3.63, 3.8) is 0 Å². The molecule has 3 rings (SSSR count). The van der Waals surface area contributed by atoms with E-state index in [2.05, 4.69) is 24.3 Å². The topological polar surface area (TPSA) is 132 Å². The predicted molar refractivity (Wildman–Crippen MR) is 146 cm³/mol. The number of unbranched alkanes of at least 4 members (excludes halogenated alkanes) is 7. The SMILES string of the molecule is O=C(O)C1[C@H](C(=O)O)C(C(=O)N(CCCCCCCCCCc2ccccc2)Cc2ccccc2)[C@H]1C(=O)O. The molecule has 0 radical (unpaired) electrons. The minimum absolute atomic E-state index is 0.216. The largest absolute Gasteiger partial charge is 0.481 e. The van der Waals surface area contributed by atoms with Gasteiger partial charge in [0.15, 0.2) is 0 Å². The highest BCUT2D eigenvalue weighted by molar-refractivity contribution is 5.98. The van der Waals surface area contributed by atoms with Gasteiger partial charge in [-0.25, -0.2) is 0 Å². The van der Waals surface area contributed by atoms with Gasteiger partial charge in [0, 0.05) is 13.1 Å². The standard InChI is InChI=1S/C31H39NO7/c33-28(24-25(29(34)35)27(31(38)39)26(24)30(36)37)32(21-23-18-12-8-13-19-23)20-14-6-4-2-1-3-5-9-15-22-16-10-7-11-17-22/h7-8,10-13,16-19,24-27H,1-6,9,14-15,20-21H2,(H,34,35)(H,36,37)(H,38,39)/t24?,25-,26-,27?/m1/s1. The molecule has 1 fully saturated rings. The minimum atomic E-state index is -1.62. The number of carbonyl (C=O) groups is 4. The van der Waals surface area contributed by atoms with Crippen LogP contribution in [0.15, 0.2) is 60.7 Å². The van der Waals surface area contributed by atoms with E-state index in [9.17, 15) is 34.5 Å². The fraction of sp³-hybridized carbons (Fsp3) is 0.484. The molecular formula is C31H39NO7. The quantitative estimate of drug-likeness (QED) is 0.239. The summed E-state index contributed by atoms with van der Waals surface area (Å²) in [5.74, 6) is -11.2. The van der Waals surface area contributed by atoms with E-state index in [4.69, 9.17) is 0 Å². The maximum absolute atomic E-state index is 13.5. The molecule has 0 saturated heterocycles. The van der Waals surface area contributed by atoms with Gasteiger partial charge in [-0.05, 0) is 30.4 Å². The summed E-state index contributed by atoms with van der Waals surface area (Å²) in [4.78, 5) is 50.3. The van der Waals surface area contributed by atoms with Crippen LogP contribution in [0.2, 0.25) is 0 Å². The molecule has 1 aliphatic rings. The van der Waals surface area contributed by atoms with Crippen molar-refractivity contribution < 1.29 is 34.5 Å². The first-order valence-corrected chi connectivity index (χ1v) is 13.9. The van der Waals surface area contributed by atoms with Gasteiger partial charge in [0.1, 0.15) is 0 Å². The molecule has 0 spiro atoms. The van der Waals surface area contributed by atoms with E-state index < -0.39 is 47.5 Å². The predicted octanol–water partition coefficient (Wildman–Crippen LogP) is 5.11. The van der Waals surface area contributed by atoms with E-state index in [-0.39, 0.29) is 6.54 Å². The molecule has 1 aliphatic carbocycles. The van der Waals surface area contributed by atoms with Crippen molar-refractivity contribution in [3.05, 3.63) is 71.8 Å². The number of rotatable bonds is 17. The number of aliphatic carboxylic acids is 3. The number of aryl methyl sites for hydroxylation is 1. The van der Waals surface area contributed by atoms with Crippen LogP contribution in [0.1, 0.15) is 62.5 Å². The third-order valence-corrected chi connectivity index (χ3v) is 7.70. The molecule has 2 atom stereocenters. The molecule has 8 heteroatoms. The summed E-state index contributed by atoms with van der Waals surface area (Å²) in [6, 6.07) is 19.7. The Morgan fingerprint density at radius 1 is 0.538 bits per heavy atom. The molecule has 0 bridgehead atoms. The van der Waals surface area contributed by atoms with Crippen molar-refractivity contribution in [2.24, 2.45) is 23.7 Å². The normalized spacial score (nSPS) is 20.1. The first-order valence-electron chi connectivity index (χ1n) is 13.9. The lowest BCUT2D eigenvalue weighted by Crippen LogP contribution is -2.62. The fourth-order valence-electron chi connectivity index (χ4n) is 5.60. The molecule has 1 amide bonds. The Labute approximate surface area is 229 Å². The minimum Gasteiger partial charge on any atom is -0.481 e. The van der Waals surface area contributed by atoms with Crippen LogP contribution in [-0.4, -0.2) is 50.6 Å². The maximum Gasteiger partial charge on any atom is 0.308 e. The van der Waals surface area contributed by atoms with Crippen LogP contribution in [0.5, 0.6) is 0 Å². The third kappa shape index (κ3) is 8.40. The van der Waals surface area contributed by atoms with Gasteiger partial charge in [0.25, 0.3) is 0 Å². The average Bonchev–Trinajstić information content (AvgIpc) is 2.89. The monoisotopic (exact) mass is 537 g/mol. The van der Waals surface area contributed by atoms with Crippen molar-refractivity contribution >= 4 is 23.8 Å². The maximum atomic E-state index is 13.5. The van der Waals surface area contributed by atoms with Crippen LogP contribution in [0.25, 0.3) is 0 Å². The Balaban J connectivity index is 1.49. The summed E-state index contributed by atoms with van der Waals surface area (Å²) in [5.41, 5.74) is 2.21. The van der Waals surface area contributed by atoms with Crippen LogP contribution in [0.4, 0.5) is 0 Å². The first kappa shape index (κ1) is 29.9. The Bertz CT molecular complexity index is 1070. The van der Waals surface area contributed by atoms with Crippen LogP contribution >= 0.6 is 0 Å². The molecule has 8 nitrogen and oxygen atoms in total. The first-order chi connectivity index (χ1) is 18.8. The van der Waals surface area contributed by atoms with Crippen LogP contribution in [-0.2, 0) is 32.1 Å². The Hall–Kier alpha value is -3.68. The van der Waals surface area contributed by atoms with E-state index >= 15 is 0 Å². The van der Waals surface area contributed by atoms with Crippen molar-refractivity contribution in [2.75, 3.05) is 6.54 Å². The lowest BCUT2D eigenvalue weighted by Gasteiger charge is -2.45. The zero-order chi connectivity index (χ0) is 28.2. The molecule has 0 heterocycles. The fourth-order valence-corrected chi connectivity index (χ4v) is 5.60. The average molecular weight is 538 g/mol. The van der Waals surface area contributed by atoms with Crippen LogP contribution in [0, 0.1) is 23.7 Å². The second-order valence-corrected chi connectivity index (χ2v) is 10.4. The molecule has 0 unspecified atom stereocenters. The summed E-state index contributed by atoms with van der Waals surface area (Å²) >= 11 is 0. The van der Waals surface area contributed by atoms with E-state index in [1.165, 1.54) is 29.7 Å². The smallest absolute Gasteiger partial charge is 0.308 e. The molecule has 3 N–H and O–H groups in total. The number of benzene rings is 2. The molecule has 2 aromatic carbocycles. The summed E-state index contributed by atoms with van der Waals surface area (Å²) < 4.78 is 0. The zero-order valence-electron chi connectivity index (χ0n) is 22.3. The van der Waals surface area contributed by atoms with Gasteiger partial charge < -0.3 is 20.2 Å². The highest BCUT2D eigenvalue weighted by Gasteiger charge is 2.64. The molecule has 210 valence electrons. The van der Waals surface area contributed by atoms with Crippen LogP contribution in [0.3, 0.4) is 0 Å². The second kappa shape index (κ2) is 15.0. The number of carbonyl (C=O) groups excluding carboxylic acids is 1. The second-order valence-electron chi connectivity index (χ2n) is 10.4. The van der Waals surface area contributed by atoms with Gasteiger partial charge in [-0.15, -0.1) is 0 Å². The molecule has 2 aromatic rings. The Morgan fingerprint density at radius 2 is 0.949 bits per heavy atom. The molecule has 0 aliphatic heterocycles. The van der Waals surface area contributed by atoms with Gasteiger partial charge in [0.05, 0.1) is 23.7 Å². The summed E-state index contributed by atoms with van der Waals surface area (Å²) in [6.45, 7) is 0.575. The third-order valence-electron chi connectivity index (χ3n) is 7.70. The molecule has 0 aromatic heterocycles. The number of hydrogen-bond donors (Lipinski definition) is 3. The van der Waals surface area contributed by atoms with Gasteiger partial charge in [0.2, 0.25) is 5.91 Å². The zero-order valence-corrected chi connectivity index (χ0v) is 22.3. The van der Waals surface area contributed by atoms with Gasteiger partial charge in [-0.1, -0.05) is 99.2 Å². The number of hydrogen-bond acceptors (Lipinski definition) is 4. The van der Waals surface area contributed by atoms with E-state index in [1.54, 1.807) is 0 Å². The molecule has 1 saturated carbocycles. The number of nitrogens with zero attached hydrogens (tertiary/aromatic N) is 1. The molecule has 39 heavy (non-hydrogen) atoms. The van der Waals surface area contributed by atoms with Crippen molar-refractivity contribution in [3.8, 4) is 0 Å². The lowest BCUT2D eigenvalue weighted by atomic mass is 9.56. The van der Waals surface area contributed by atoms with Crippen molar-refractivity contribution in [2.45, 2.75) is 64.3 Å². The Morgan fingerprint density at radius 3 is 1.44 bits per heavy atom. The van der Waals surface area contributed by atoms with E-state index in [0.29, 0.717) is 13.0 Å². The number of carboxylic acids is 3. The van der Waals surface area contributed by atoms with Crippen LogP contribution < -0.4 is 0 Å². The summed E-state index contributed by atoms with van der Waals surface area (Å²) in [7, 11) is 0. The highest BCUT2D eigenvalue weighted by atomic mass is 16.4.